The van der Waals surface area contributed by atoms with Crippen molar-refractivity contribution in [1.82, 2.24) is 0 Å². The molecule has 0 radical (unpaired) electrons. The van der Waals surface area contributed by atoms with Gasteiger partial charge in [-0.15, -0.1) is 0 Å². The number of allylic oxidation sites excluding steroid dienone is 1. The minimum atomic E-state index is -0.579. The van der Waals surface area contributed by atoms with E-state index >= 15 is 0 Å². The molecule has 5 fully saturated rings. The molecular formula is C39H53ClO4. The van der Waals surface area contributed by atoms with E-state index in [9.17, 15) is 14.7 Å². The standard InChI is InChI=1S/C39H53ClO4/c1-24(2)27-16-21-39(34(42)43)23-22-37(6)28(33(27)39)13-14-30-36(5)19-18-31(35(3,4)29(36)17-20-38(30,37)7)44-32(41)15-10-25-8-11-26(40)12-9-25/h8-12,15,27-31,33H,1,13-14,16-23H2,2-7H3,(H,42,43)/b15-10+/t27-,28+,29-,30+,31-,33+,36-,37+,38+,39-/m0/s1. The molecule has 5 heteroatoms. The van der Waals surface area contributed by atoms with Gasteiger partial charge < -0.3 is 9.84 Å². The minimum Gasteiger partial charge on any atom is -0.481 e. The zero-order valence-electron chi connectivity index (χ0n) is 27.8. The Balaban J connectivity index is 1.24. The van der Waals surface area contributed by atoms with Gasteiger partial charge in [-0.25, -0.2) is 4.79 Å². The maximum Gasteiger partial charge on any atom is 0.331 e. The Hall–Kier alpha value is -2.07. The van der Waals surface area contributed by atoms with Crippen molar-refractivity contribution >= 4 is 29.6 Å². The highest BCUT2D eigenvalue weighted by Crippen LogP contribution is 2.77. The molecular weight excluding hydrogens is 568 g/mol. The van der Waals surface area contributed by atoms with Gasteiger partial charge in [-0.05, 0) is 141 Å². The first kappa shape index (κ1) is 31.9. The van der Waals surface area contributed by atoms with Crippen LogP contribution >= 0.6 is 11.6 Å². The van der Waals surface area contributed by atoms with Crippen LogP contribution in [0.3, 0.4) is 0 Å². The average molecular weight is 621 g/mol. The van der Waals surface area contributed by atoms with Crippen molar-refractivity contribution in [2.45, 2.75) is 112 Å². The first-order chi connectivity index (χ1) is 20.6. The molecule has 0 unspecified atom stereocenters. The summed E-state index contributed by atoms with van der Waals surface area (Å²) in [5.74, 6) is 1.16. The quantitative estimate of drug-likeness (QED) is 0.202. The van der Waals surface area contributed by atoms with Crippen LogP contribution in [-0.4, -0.2) is 23.1 Å². The predicted octanol–water partition coefficient (Wildman–Crippen LogP) is 10.0. The molecule has 10 atom stereocenters. The van der Waals surface area contributed by atoms with Gasteiger partial charge in [0.05, 0.1) is 5.41 Å². The summed E-state index contributed by atoms with van der Waals surface area (Å²) in [6.07, 6.45) is 13.4. The summed E-state index contributed by atoms with van der Waals surface area (Å²) in [5.41, 5.74) is 1.84. The topological polar surface area (TPSA) is 63.6 Å². The summed E-state index contributed by atoms with van der Waals surface area (Å²) in [6.45, 7) is 18.9. The summed E-state index contributed by atoms with van der Waals surface area (Å²) in [6, 6.07) is 7.45. The number of rotatable bonds is 5. The van der Waals surface area contributed by atoms with Crippen LogP contribution in [0.25, 0.3) is 6.08 Å². The van der Waals surface area contributed by atoms with Crippen molar-refractivity contribution < 1.29 is 19.4 Å². The molecule has 0 spiro atoms. The summed E-state index contributed by atoms with van der Waals surface area (Å²) < 4.78 is 6.21. The second-order valence-electron chi connectivity index (χ2n) is 16.8. The largest absolute Gasteiger partial charge is 0.481 e. The van der Waals surface area contributed by atoms with E-state index in [1.165, 1.54) is 12.0 Å². The number of carboxylic acid groups (broad SMARTS) is 1. The number of hydrogen-bond donors (Lipinski definition) is 1. The Morgan fingerprint density at radius 1 is 0.886 bits per heavy atom. The number of carbonyl (C=O) groups is 2. The van der Waals surface area contributed by atoms with Crippen molar-refractivity contribution in [2.24, 2.45) is 56.7 Å². The third-order valence-electron chi connectivity index (χ3n) is 15.0. The minimum absolute atomic E-state index is 0.111. The average Bonchev–Trinajstić information content (AvgIpc) is 3.36. The third-order valence-corrected chi connectivity index (χ3v) is 15.2. The summed E-state index contributed by atoms with van der Waals surface area (Å²) in [4.78, 5) is 25.9. The third kappa shape index (κ3) is 4.50. The number of ether oxygens (including phenoxy) is 1. The molecule has 0 saturated heterocycles. The molecule has 0 amide bonds. The van der Waals surface area contributed by atoms with E-state index in [-0.39, 0.29) is 39.7 Å². The number of carbonyl (C=O) groups excluding carboxylic acids is 1. The lowest BCUT2D eigenvalue weighted by Gasteiger charge is -2.72. The molecule has 5 aliphatic carbocycles. The van der Waals surface area contributed by atoms with Crippen LogP contribution in [0.2, 0.25) is 5.02 Å². The van der Waals surface area contributed by atoms with E-state index in [0.717, 1.165) is 63.4 Å². The van der Waals surface area contributed by atoms with E-state index in [4.69, 9.17) is 16.3 Å². The fourth-order valence-electron chi connectivity index (χ4n) is 12.6. The number of halogens is 1. The number of benzene rings is 1. The normalized spacial score (nSPS) is 44.2. The Kier molecular flexibility index (Phi) is 7.79. The van der Waals surface area contributed by atoms with E-state index in [0.29, 0.717) is 28.7 Å². The highest BCUT2D eigenvalue weighted by Gasteiger charge is 2.72. The molecule has 0 aromatic heterocycles. The number of aliphatic carboxylic acids is 1. The fourth-order valence-corrected chi connectivity index (χ4v) is 12.7. The lowest BCUT2D eigenvalue weighted by Crippen LogP contribution is -2.67. The van der Waals surface area contributed by atoms with Gasteiger partial charge in [0, 0.05) is 16.5 Å². The first-order valence-corrected chi connectivity index (χ1v) is 17.5. The highest BCUT2D eigenvalue weighted by molar-refractivity contribution is 6.30. The maximum absolute atomic E-state index is 13.0. The molecule has 0 bridgehead atoms. The van der Waals surface area contributed by atoms with Crippen LogP contribution in [0.15, 0.2) is 42.5 Å². The van der Waals surface area contributed by atoms with E-state index < -0.39 is 11.4 Å². The van der Waals surface area contributed by atoms with Gasteiger partial charge in [0.1, 0.15) is 6.10 Å². The molecule has 5 saturated carbocycles. The van der Waals surface area contributed by atoms with Crippen LogP contribution in [-0.2, 0) is 14.3 Å². The van der Waals surface area contributed by atoms with E-state index in [1.807, 2.05) is 24.3 Å². The van der Waals surface area contributed by atoms with Crippen LogP contribution in [0.1, 0.15) is 111 Å². The lowest BCUT2D eigenvalue weighted by atomic mass is 9.32. The van der Waals surface area contributed by atoms with Gasteiger partial charge in [-0.2, -0.15) is 0 Å². The van der Waals surface area contributed by atoms with Gasteiger partial charge in [0.15, 0.2) is 0 Å². The van der Waals surface area contributed by atoms with Crippen molar-refractivity contribution in [1.29, 1.82) is 0 Å². The summed E-state index contributed by atoms with van der Waals surface area (Å²) >= 11 is 6.01. The molecule has 4 nitrogen and oxygen atoms in total. The molecule has 0 heterocycles. The van der Waals surface area contributed by atoms with Gasteiger partial charge in [-0.1, -0.05) is 70.5 Å². The summed E-state index contributed by atoms with van der Waals surface area (Å²) in [7, 11) is 0. The van der Waals surface area contributed by atoms with Gasteiger partial charge in [0.25, 0.3) is 0 Å². The summed E-state index contributed by atoms with van der Waals surface area (Å²) in [5, 5.41) is 11.3. The van der Waals surface area contributed by atoms with Crippen LogP contribution in [0, 0.1) is 56.7 Å². The molecule has 0 aliphatic heterocycles. The molecule has 6 rings (SSSR count). The fraction of sp³-hybridized carbons (Fsp3) is 0.692. The van der Waals surface area contributed by atoms with Crippen LogP contribution < -0.4 is 0 Å². The second kappa shape index (κ2) is 10.7. The van der Waals surface area contributed by atoms with E-state index in [2.05, 4.69) is 48.1 Å². The SMILES string of the molecule is C=C(C)[C@@H]1CC[C@]2(C(=O)O)CC[C@]3(C)[C@H](CC[C@@H]4[C@@]5(C)CC[C@H](OC(=O)/C=C/c6ccc(Cl)cc6)C(C)(C)[C@@H]5CC[C@]43C)[C@@H]12. The maximum atomic E-state index is 13.0. The lowest BCUT2D eigenvalue weighted by molar-refractivity contribution is -0.250. The smallest absolute Gasteiger partial charge is 0.331 e. The Bertz CT molecular complexity index is 1360. The van der Waals surface area contributed by atoms with Crippen molar-refractivity contribution in [3.05, 3.63) is 53.1 Å². The van der Waals surface area contributed by atoms with Gasteiger partial charge in [0.2, 0.25) is 0 Å². The second-order valence-corrected chi connectivity index (χ2v) is 17.3. The monoisotopic (exact) mass is 620 g/mol. The molecule has 44 heavy (non-hydrogen) atoms. The number of fused-ring (bicyclic) bond motifs is 7. The molecule has 1 N–H and O–H groups in total. The van der Waals surface area contributed by atoms with Crippen molar-refractivity contribution in [3.63, 3.8) is 0 Å². The molecule has 240 valence electrons. The Morgan fingerprint density at radius 3 is 2.25 bits per heavy atom. The van der Waals surface area contributed by atoms with E-state index in [1.54, 1.807) is 12.2 Å². The first-order valence-electron chi connectivity index (χ1n) is 17.1. The van der Waals surface area contributed by atoms with Gasteiger partial charge >= 0.3 is 11.9 Å². The van der Waals surface area contributed by atoms with Crippen LogP contribution in [0.5, 0.6) is 0 Å². The number of esters is 1. The zero-order chi connectivity index (χ0) is 31.9. The van der Waals surface area contributed by atoms with Crippen LogP contribution in [0.4, 0.5) is 0 Å². The number of carboxylic acids is 1. The van der Waals surface area contributed by atoms with Crippen molar-refractivity contribution in [3.8, 4) is 0 Å². The Labute approximate surface area is 270 Å². The number of hydrogen-bond acceptors (Lipinski definition) is 3. The zero-order valence-corrected chi connectivity index (χ0v) is 28.5. The Morgan fingerprint density at radius 2 is 1.59 bits per heavy atom. The molecule has 5 aliphatic rings. The van der Waals surface area contributed by atoms with Gasteiger partial charge in [-0.3, -0.25) is 4.79 Å². The molecule has 1 aromatic rings. The highest BCUT2D eigenvalue weighted by atomic mass is 35.5. The van der Waals surface area contributed by atoms with Crippen molar-refractivity contribution in [2.75, 3.05) is 0 Å². The molecule has 1 aromatic carbocycles. The predicted molar refractivity (Wildman–Crippen MR) is 177 cm³/mol.